The summed E-state index contributed by atoms with van der Waals surface area (Å²) < 4.78 is 18.2. The van der Waals surface area contributed by atoms with Gasteiger partial charge in [0, 0.05) is 24.2 Å². The standard InChI is InChI=1S/C14H15FN2OS/c1-17(7-10-4-5-18-9-10)8-11-2-3-12(15)6-13(11)14(16)19/h2-6,9H,7-8H2,1H3,(H2,16,19). The molecule has 2 N–H and O–H groups in total. The number of rotatable bonds is 5. The van der Waals surface area contributed by atoms with Crippen LogP contribution in [-0.4, -0.2) is 16.9 Å². The monoisotopic (exact) mass is 278 g/mol. The smallest absolute Gasteiger partial charge is 0.123 e. The molecular formula is C14H15FN2OS. The van der Waals surface area contributed by atoms with Crippen molar-refractivity contribution >= 4 is 17.2 Å². The second kappa shape index (κ2) is 5.95. The van der Waals surface area contributed by atoms with E-state index in [1.165, 1.54) is 12.1 Å². The van der Waals surface area contributed by atoms with Gasteiger partial charge in [-0.15, -0.1) is 0 Å². The first-order valence-corrected chi connectivity index (χ1v) is 6.25. The van der Waals surface area contributed by atoms with E-state index in [1.807, 2.05) is 13.1 Å². The highest BCUT2D eigenvalue weighted by atomic mass is 32.1. The number of nitrogens with two attached hydrogens (primary N) is 1. The van der Waals surface area contributed by atoms with Crippen LogP contribution in [0.3, 0.4) is 0 Å². The number of thiocarbonyl (C=S) groups is 1. The van der Waals surface area contributed by atoms with Crippen LogP contribution in [0.4, 0.5) is 4.39 Å². The number of nitrogens with zero attached hydrogens (tertiary/aromatic N) is 1. The van der Waals surface area contributed by atoms with Gasteiger partial charge in [-0.25, -0.2) is 4.39 Å². The summed E-state index contributed by atoms with van der Waals surface area (Å²) in [6, 6.07) is 6.43. The molecule has 0 amide bonds. The van der Waals surface area contributed by atoms with Crippen LogP contribution >= 0.6 is 12.2 Å². The van der Waals surface area contributed by atoms with Gasteiger partial charge in [0.05, 0.1) is 12.5 Å². The maximum Gasteiger partial charge on any atom is 0.123 e. The third kappa shape index (κ3) is 3.62. The summed E-state index contributed by atoms with van der Waals surface area (Å²) in [5, 5.41) is 0. The van der Waals surface area contributed by atoms with Gasteiger partial charge in [-0.05, 0) is 30.8 Å². The Kier molecular flexibility index (Phi) is 4.29. The highest BCUT2D eigenvalue weighted by Crippen LogP contribution is 2.15. The Bertz CT molecular complexity index is 569. The predicted molar refractivity (Wildman–Crippen MR) is 76.2 cm³/mol. The molecule has 100 valence electrons. The summed E-state index contributed by atoms with van der Waals surface area (Å²) in [6.45, 7) is 1.38. The normalized spacial score (nSPS) is 10.9. The zero-order valence-electron chi connectivity index (χ0n) is 10.6. The van der Waals surface area contributed by atoms with Crippen LogP contribution in [0, 0.1) is 5.82 Å². The van der Waals surface area contributed by atoms with Crippen LogP contribution in [0.25, 0.3) is 0 Å². The van der Waals surface area contributed by atoms with Gasteiger partial charge in [-0.2, -0.15) is 0 Å². The van der Waals surface area contributed by atoms with Crippen LogP contribution in [-0.2, 0) is 13.1 Å². The molecule has 0 saturated carbocycles. The fourth-order valence-electron chi connectivity index (χ4n) is 1.96. The molecule has 0 aliphatic rings. The van der Waals surface area contributed by atoms with Crippen molar-refractivity contribution < 1.29 is 8.81 Å². The molecule has 0 spiro atoms. The SMILES string of the molecule is CN(Cc1ccoc1)Cc1ccc(F)cc1C(N)=S. The zero-order valence-corrected chi connectivity index (χ0v) is 11.4. The van der Waals surface area contributed by atoms with E-state index < -0.39 is 0 Å². The second-order valence-electron chi connectivity index (χ2n) is 4.47. The van der Waals surface area contributed by atoms with E-state index in [1.54, 1.807) is 18.6 Å². The van der Waals surface area contributed by atoms with Gasteiger partial charge >= 0.3 is 0 Å². The van der Waals surface area contributed by atoms with E-state index in [-0.39, 0.29) is 10.8 Å². The van der Waals surface area contributed by atoms with E-state index >= 15 is 0 Å². The van der Waals surface area contributed by atoms with Crippen molar-refractivity contribution in [2.24, 2.45) is 5.73 Å². The Morgan fingerprint density at radius 1 is 1.37 bits per heavy atom. The Balaban J connectivity index is 2.12. The first-order valence-electron chi connectivity index (χ1n) is 5.84. The quantitative estimate of drug-likeness (QED) is 0.854. The molecule has 1 heterocycles. The molecule has 0 bridgehead atoms. The highest BCUT2D eigenvalue weighted by molar-refractivity contribution is 7.80. The van der Waals surface area contributed by atoms with Crippen molar-refractivity contribution in [1.29, 1.82) is 0 Å². The van der Waals surface area contributed by atoms with Crippen LogP contribution in [0.2, 0.25) is 0 Å². The molecule has 2 aromatic rings. The van der Waals surface area contributed by atoms with Gasteiger partial charge in [-0.1, -0.05) is 18.3 Å². The van der Waals surface area contributed by atoms with Crippen LogP contribution in [0.1, 0.15) is 16.7 Å². The van der Waals surface area contributed by atoms with Crippen molar-refractivity contribution in [3.05, 3.63) is 59.3 Å². The van der Waals surface area contributed by atoms with E-state index in [9.17, 15) is 4.39 Å². The van der Waals surface area contributed by atoms with Crippen LogP contribution in [0.5, 0.6) is 0 Å². The molecule has 19 heavy (non-hydrogen) atoms. The van der Waals surface area contributed by atoms with Gasteiger partial charge in [0.15, 0.2) is 0 Å². The second-order valence-corrected chi connectivity index (χ2v) is 4.91. The number of hydrogen-bond acceptors (Lipinski definition) is 3. The molecular weight excluding hydrogens is 263 g/mol. The average molecular weight is 278 g/mol. The van der Waals surface area contributed by atoms with Crippen molar-refractivity contribution in [3.63, 3.8) is 0 Å². The molecule has 0 atom stereocenters. The lowest BCUT2D eigenvalue weighted by molar-refractivity contribution is 0.317. The molecule has 0 unspecified atom stereocenters. The molecule has 0 aliphatic heterocycles. The highest BCUT2D eigenvalue weighted by Gasteiger charge is 2.10. The maximum absolute atomic E-state index is 13.2. The zero-order chi connectivity index (χ0) is 13.8. The van der Waals surface area contributed by atoms with Gasteiger partial charge in [0.25, 0.3) is 0 Å². The van der Waals surface area contributed by atoms with E-state index in [2.05, 4.69) is 4.90 Å². The Hall–Kier alpha value is -1.72. The van der Waals surface area contributed by atoms with Crippen molar-refractivity contribution in [2.75, 3.05) is 7.05 Å². The molecule has 1 aromatic heterocycles. The van der Waals surface area contributed by atoms with E-state index in [0.29, 0.717) is 12.1 Å². The van der Waals surface area contributed by atoms with Crippen molar-refractivity contribution in [3.8, 4) is 0 Å². The van der Waals surface area contributed by atoms with Gasteiger partial charge in [0.2, 0.25) is 0 Å². The number of benzene rings is 1. The molecule has 3 nitrogen and oxygen atoms in total. The van der Waals surface area contributed by atoms with Crippen LogP contribution in [0.15, 0.2) is 41.2 Å². The van der Waals surface area contributed by atoms with Gasteiger partial charge < -0.3 is 10.2 Å². The lowest BCUT2D eigenvalue weighted by Crippen LogP contribution is -2.20. The summed E-state index contributed by atoms with van der Waals surface area (Å²) in [4.78, 5) is 2.30. The van der Waals surface area contributed by atoms with Gasteiger partial charge in [0.1, 0.15) is 10.8 Å². The summed E-state index contributed by atoms with van der Waals surface area (Å²) in [5.41, 5.74) is 8.22. The summed E-state index contributed by atoms with van der Waals surface area (Å²) in [6.07, 6.45) is 3.34. The Labute approximate surface area is 116 Å². The molecule has 0 radical (unpaired) electrons. The molecule has 0 fully saturated rings. The van der Waals surface area contributed by atoms with Gasteiger partial charge in [-0.3, -0.25) is 4.90 Å². The topological polar surface area (TPSA) is 42.4 Å². The first kappa shape index (κ1) is 13.7. The summed E-state index contributed by atoms with van der Waals surface area (Å²) >= 11 is 4.96. The van der Waals surface area contributed by atoms with Crippen molar-refractivity contribution in [2.45, 2.75) is 13.1 Å². The third-order valence-electron chi connectivity index (χ3n) is 2.81. The Morgan fingerprint density at radius 2 is 2.16 bits per heavy atom. The molecule has 2 rings (SSSR count). The predicted octanol–water partition coefficient (Wildman–Crippen LogP) is 2.68. The third-order valence-corrected chi connectivity index (χ3v) is 3.03. The largest absolute Gasteiger partial charge is 0.472 e. The average Bonchev–Trinajstić information content (AvgIpc) is 2.83. The number of halogens is 1. The minimum atomic E-state index is -0.330. The lowest BCUT2D eigenvalue weighted by atomic mass is 10.1. The van der Waals surface area contributed by atoms with Crippen LogP contribution < -0.4 is 5.73 Å². The fourth-order valence-corrected chi connectivity index (χ4v) is 2.15. The minimum absolute atomic E-state index is 0.214. The molecule has 0 saturated heterocycles. The summed E-state index contributed by atoms with van der Waals surface area (Å²) in [5.74, 6) is -0.330. The maximum atomic E-state index is 13.2. The van der Waals surface area contributed by atoms with E-state index in [0.717, 1.165) is 17.7 Å². The van der Waals surface area contributed by atoms with E-state index in [4.69, 9.17) is 22.4 Å². The Morgan fingerprint density at radius 3 is 2.79 bits per heavy atom. The number of hydrogen-bond donors (Lipinski definition) is 1. The minimum Gasteiger partial charge on any atom is -0.472 e. The molecule has 5 heteroatoms. The van der Waals surface area contributed by atoms with Crippen molar-refractivity contribution in [1.82, 2.24) is 4.90 Å². The summed E-state index contributed by atoms with van der Waals surface area (Å²) in [7, 11) is 1.97. The fraction of sp³-hybridized carbons (Fsp3) is 0.214. The first-order chi connectivity index (χ1) is 9.06. The number of furan rings is 1. The lowest BCUT2D eigenvalue weighted by Gasteiger charge is -2.17. The molecule has 1 aromatic carbocycles. The molecule has 0 aliphatic carbocycles.